The molecule has 0 radical (unpaired) electrons. The Morgan fingerprint density at radius 1 is 1.15 bits per heavy atom. The van der Waals surface area contributed by atoms with Crippen LogP contribution in [0.5, 0.6) is 0 Å². The average Bonchev–Trinajstić information content (AvgIpc) is 2.45. The minimum Gasteiger partial charge on any atom is -0.348 e. The summed E-state index contributed by atoms with van der Waals surface area (Å²) in [6.07, 6.45) is 4.01. The molecule has 2 nitrogen and oxygen atoms in total. The van der Waals surface area contributed by atoms with Gasteiger partial charge in [0.05, 0.1) is 16.8 Å². The van der Waals surface area contributed by atoms with Gasteiger partial charge >= 0.3 is 0 Å². The molecule has 0 unspecified atom stereocenters. The molecule has 1 aromatic carbocycles. The van der Waals surface area contributed by atoms with E-state index in [4.69, 9.17) is 9.47 Å². The van der Waals surface area contributed by atoms with Crippen LogP contribution >= 0.6 is 22.6 Å². The van der Waals surface area contributed by atoms with Gasteiger partial charge in [-0.3, -0.25) is 0 Å². The quantitative estimate of drug-likeness (QED) is 0.404. The lowest BCUT2D eigenvalue weighted by molar-refractivity contribution is -0.206. The van der Waals surface area contributed by atoms with Gasteiger partial charge in [0.1, 0.15) is 11.6 Å². The molecule has 0 bridgehead atoms. The fourth-order valence-corrected chi connectivity index (χ4v) is 2.61. The minimum absolute atomic E-state index is 0.000369. The van der Waals surface area contributed by atoms with Crippen LogP contribution in [0.25, 0.3) is 0 Å². The highest BCUT2D eigenvalue weighted by Crippen LogP contribution is 2.29. The molecule has 1 aliphatic rings. The van der Waals surface area contributed by atoms with Crippen molar-refractivity contribution in [1.82, 2.24) is 0 Å². The highest BCUT2D eigenvalue weighted by Gasteiger charge is 2.24. The molecule has 112 valence electrons. The summed E-state index contributed by atoms with van der Waals surface area (Å²) in [5.41, 5.74) is 0.410. The van der Waals surface area contributed by atoms with E-state index in [0.29, 0.717) is 24.7 Å². The van der Waals surface area contributed by atoms with Crippen LogP contribution in [0.15, 0.2) is 12.1 Å². The van der Waals surface area contributed by atoms with Crippen molar-refractivity contribution in [1.29, 1.82) is 0 Å². The van der Waals surface area contributed by atoms with Crippen molar-refractivity contribution < 1.29 is 18.3 Å². The Morgan fingerprint density at radius 3 is 2.30 bits per heavy atom. The second-order valence-corrected chi connectivity index (χ2v) is 6.24. The van der Waals surface area contributed by atoms with Crippen LogP contribution in [0.4, 0.5) is 8.78 Å². The van der Waals surface area contributed by atoms with Crippen LogP contribution in [-0.4, -0.2) is 13.2 Å². The minimum atomic E-state index is -0.654. The lowest BCUT2D eigenvalue weighted by Crippen LogP contribution is -2.27. The van der Waals surface area contributed by atoms with E-state index in [1.165, 1.54) is 31.4 Å². The van der Waals surface area contributed by atoms with Crippen LogP contribution in [-0.2, 0) is 9.47 Å². The molecule has 0 saturated carbocycles. The van der Waals surface area contributed by atoms with Gasteiger partial charge in [-0.15, -0.1) is 0 Å². The van der Waals surface area contributed by atoms with Crippen molar-refractivity contribution in [2.45, 2.75) is 38.9 Å². The van der Waals surface area contributed by atoms with Crippen molar-refractivity contribution in [2.24, 2.45) is 5.92 Å². The first-order valence-electron chi connectivity index (χ1n) is 6.99. The van der Waals surface area contributed by atoms with E-state index in [1.54, 1.807) is 22.6 Å². The maximum atomic E-state index is 13.5. The lowest BCUT2D eigenvalue weighted by Gasteiger charge is -2.29. The average molecular weight is 396 g/mol. The van der Waals surface area contributed by atoms with Gasteiger partial charge in [0.25, 0.3) is 0 Å². The second kappa shape index (κ2) is 7.66. The highest BCUT2D eigenvalue weighted by molar-refractivity contribution is 14.1. The van der Waals surface area contributed by atoms with Gasteiger partial charge in [0, 0.05) is 11.5 Å². The summed E-state index contributed by atoms with van der Waals surface area (Å²) in [7, 11) is 0. The molecule has 0 amide bonds. The Balaban J connectivity index is 1.90. The third-order valence-electron chi connectivity index (χ3n) is 3.46. The Labute approximate surface area is 132 Å². The Morgan fingerprint density at radius 2 is 1.75 bits per heavy atom. The molecule has 5 heteroatoms. The summed E-state index contributed by atoms with van der Waals surface area (Å²) in [4.78, 5) is 0. The van der Waals surface area contributed by atoms with Gasteiger partial charge in [-0.25, -0.2) is 8.78 Å². The summed E-state index contributed by atoms with van der Waals surface area (Å²) >= 11 is 1.65. The molecule has 1 saturated heterocycles. The molecular formula is C15H19F2IO2. The standard InChI is InChI=1S/C15H19F2IO2/c1-2-3-4-5-10-8-19-15(20-9-10)11-6-12(16)14(18)13(17)7-11/h6-7,10,15H,2-5,8-9H2,1H3. The van der Waals surface area contributed by atoms with Crippen molar-refractivity contribution in [3.05, 3.63) is 32.9 Å². The third-order valence-corrected chi connectivity index (χ3v) is 4.49. The fraction of sp³-hybridized carbons (Fsp3) is 0.600. The first-order chi connectivity index (χ1) is 9.61. The molecule has 1 aliphatic heterocycles. The summed E-state index contributed by atoms with van der Waals surface area (Å²) in [6.45, 7) is 3.34. The van der Waals surface area contributed by atoms with Crippen LogP contribution < -0.4 is 0 Å². The molecule has 1 heterocycles. The molecule has 1 fully saturated rings. The normalized spacial score (nSPS) is 23.0. The highest BCUT2D eigenvalue weighted by atomic mass is 127. The summed E-state index contributed by atoms with van der Waals surface area (Å²) < 4.78 is 38.2. The largest absolute Gasteiger partial charge is 0.348 e. The molecule has 1 aromatic rings. The molecule has 20 heavy (non-hydrogen) atoms. The smallest absolute Gasteiger partial charge is 0.184 e. The number of unbranched alkanes of at least 4 members (excludes halogenated alkanes) is 2. The van der Waals surface area contributed by atoms with Crippen molar-refractivity contribution >= 4 is 22.6 Å². The van der Waals surface area contributed by atoms with E-state index in [2.05, 4.69) is 6.92 Å². The van der Waals surface area contributed by atoms with Gasteiger partial charge in [-0.05, 0) is 41.1 Å². The lowest BCUT2D eigenvalue weighted by atomic mass is 10.0. The first-order valence-corrected chi connectivity index (χ1v) is 8.07. The van der Waals surface area contributed by atoms with Gasteiger partial charge in [0.15, 0.2) is 6.29 Å². The zero-order valence-electron chi connectivity index (χ0n) is 11.5. The second-order valence-electron chi connectivity index (χ2n) is 5.16. The van der Waals surface area contributed by atoms with E-state index in [0.717, 1.165) is 6.42 Å². The number of hydrogen-bond donors (Lipinski definition) is 0. The Kier molecular flexibility index (Phi) is 6.17. The van der Waals surface area contributed by atoms with E-state index < -0.39 is 17.9 Å². The van der Waals surface area contributed by atoms with E-state index >= 15 is 0 Å². The molecule has 0 spiro atoms. The Bertz CT molecular complexity index is 422. The summed E-state index contributed by atoms with van der Waals surface area (Å²) in [5, 5.41) is 0. The van der Waals surface area contributed by atoms with Crippen LogP contribution in [0.1, 0.15) is 44.5 Å². The molecule has 0 N–H and O–H groups in total. The summed E-state index contributed by atoms with van der Waals surface area (Å²) in [6, 6.07) is 2.57. The zero-order chi connectivity index (χ0) is 14.5. The number of rotatable bonds is 5. The van der Waals surface area contributed by atoms with Gasteiger partial charge in [-0.2, -0.15) is 0 Å². The topological polar surface area (TPSA) is 18.5 Å². The van der Waals surface area contributed by atoms with E-state index in [9.17, 15) is 8.78 Å². The monoisotopic (exact) mass is 396 g/mol. The predicted molar refractivity (Wildman–Crippen MR) is 81.4 cm³/mol. The number of halogens is 3. The number of benzene rings is 1. The van der Waals surface area contributed by atoms with Crippen LogP contribution in [0.3, 0.4) is 0 Å². The maximum Gasteiger partial charge on any atom is 0.184 e. The SMILES string of the molecule is CCCCCC1COC(c2cc(F)c(I)c(F)c2)OC1. The van der Waals surface area contributed by atoms with Crippen molar-refractivity contribution in [3.8, 4) is 0 Å². The molecule has 2 rings (SSSR count). The third kappa shape index (κ3) is 4.11. The van der Waals surface area contributed by atoms with E-state index in [1.807, 2.05) is 0 Å². The zero-order valence-corrected chi connectivity index (χ0v) is 13.7. The molecule has 0 aromatic heterocycles. The molecule has 0 aliphatic carbocycles. The fourth-order valence-electron chi connectivity index (χ4n) is 2.30. The van der Waals surface area contributed by atoms with Gasteiger partial charge in [-0.1, -0.05) is 26.2 Å². The van der Waals surface area contributed by atoms with Crippen molar-refractivity contribution in [3.63, 3.8) is 0 Å². The molecule has 0 atom stereocenters. The summed E-state index contributed by atoms with van der Waals surface area (Å²) in [5.74, 6) is -0.757. The number of hydrogen-bond acceptors (Lipinski definition) is 2. The maximum absolute atomic E-state index is 13.5. The number of ether oxygens (including phenoxy) is 2. The van der Waals surface area contributed by atoms with Crippen LogP contribution in [0, 0.1) is 21.1 Å². The van der Waals surface area contributed by atoms with Gasteiger partial charge in [0.2, 0.25) is 0 Å². The van der Waals surface area contributed by atoms with Crippen molar-refractivity contribution in [2.75, 3.05) is 13.2 Å². The first kappa shape index (κ1) is 16.1. The Hall–Kier alpha value is -0.270. The molecular weight excluding hydrogens is 377 g/mol. The van der Waals surface area contributed by atoms with E-state index in [-0.39, 0.29) is 3.57 Å². The van der Waals surface area contributed by atoms with Crippen LogP contribution in [0.2, 0.25) is 0 Å². The van der Waals surface area contributed by atoms with Gasteiger partial charge < -0.3 is 9.47 Å². The predicted octanol–water partition coefficient (Wildman–Crippen LogP) is 4.81.